The zero-order valence-electron chi connectivity index (χ0n) is 14.7. The van der Waals surface area contributed by atoms with Crippen molar-refractivity contribution in [1.29, 1.82) is 0 Å². The van der Waals surface area contributed by atoms with Gasteiger partial charge in [0.2, 0.25) is 5.89 Å². The number of thiazole rings is 1. The Balaban J connectivity index is 1.32. The van der Waals surface area contributed by atoms with Gasteiger partial charge in [0.05, 0.1) is 17.0 Å². The van der Waals surface area contributed by atoms with Gasteiger partial charge in [-0.3, -0.25) is 14.9 Å². The van der Waals surface area contributed by atoms with Gasteiger partial charge in [0, 0.05) is 34.0 Å². The summed E-state index contributed by atoms with van der Waals surface area (Å²) in [6.45, 7) is -0.166. The van der Waals surface area contributed by atoms with Crippen molar-refractivity contribution < 1.29 is 18.9 Å². The van der Waals surface area contributed by atoms with Crippen molar-refractivity contribution in [3.63, 3.8) is 0 Å². The minimum atomic E-state index is -0.492. The number of hydrogen-bond acceptors (Lipinski definition) is 10. The van der Waals surface area contributed by atoms with Crippen molar-refractivity contribution in [3.05, 3.63) is 68.2 Å². The molecule has 0 atom stereocenters. The normalized spacial score (nSPS) is 10.8. The van der Waals surface area contributed by atoms with E-state index in [9.17, 15) is 14.9 Å². The number of carbonyl (C=O) groups excluding carboxylic acids is 1. The Kier molecular flexibility index (Phi) is 5.40. The number of ether oxygens (including phenoxy) is 1. The fraction of sp³-hybridized carbons (Fsp3) is 0.111. The predicted octanol–water partition coefficient (Wildman–Crippen LogP) is 4.12. The second-order valence-corrected chi connectivity index (χ2v) is 7.44. The van der Waals surface area contributed by atoms with Crippen LogP contribution in [0.5, 0.6) is 0 Å². The maximum absolute atomic E-state index is 12.1. The molecule has 0 saturated carbocycles. The molecule has 0 aliphatic rings. The van der Waals surface area contributed by atoms with Crippen molar-refractivity contribution in [2.75, 3.05) is 0 Å². The van der Waals surface area contributed by atoms with Gasteiger partial charge in [0.25, 0.3) is 11.6 Å². The number of nitro groups is 1. The van der Waals surface area contributed by atoms with Crippen LogP contribution in [0, 0.1) is 10.1 Å². The molecule has 1 aromatic carbocycles. The van der Waals surface area contributed by atoms with Crippen molar-refractivity contribution in [3.8, 4) is 22.0 Å². The Labute approximate surface area is 171 Å². The minimum Gasteiger partial charge on any atom is -0.455 e. The molecule has 0 saturated heterocycles. The summed E-state index contributed by atoms with van der Waals surface area (Å²) in [7, 11) is 0. The molecule has 9 nitrogen and oxygen atoms in total. The number of benzene rings is 1. The second kappa shape index (κ2) is 8.29. The van der Waals surface area contributed by atoms with Gasteiger partial charge in [0.1, 0.15) is 5.01 Å². The fourth-order valence-corrected chi connectivity index (χ4v) is 3.93. The predicted molar refractivity (Wildman–Crippen MR) is 105 cm³/mol. The van der Waals surface area contributed by atoms with Crippen LogP contribution in [0.15, 0.2) is 50.9 Å². The molecule has 0 unspecified atom stereocenters. The number of esters is 1. The zero-order valence-corrected chi connectivity index (χ0v) is 16.3. The largest absolute Gasteiger partial charge is 0.455 e. The number of nitro benzene ring substituents is 1. The number of rotatable bonds is 7. The first-order valence-electron chi connectivity index (χ1n) is 8.28. The number of nitrogens with zero attached hydrogens (tertiary/aromatic N) is 4. The van der Waals surface area contributed by atoms with Gasteiger partial charge in [-0.05, 0) is 23.6 Å². The van der Waals surface area contributed by atoms with Gasteiger partial charge in [-0.1, -0.05) is 0 Å². The molecule has 0 amide bonds. The lowest BCUT2D eigenvalue weighted by Crippen LogP contribution is -2.08. The van der Waals surface area contributed by atoms with Crippen molar-refractivity contribution in [1.82, 2.24) is 15.2 Å². The number of non-ortho nitro benzene ring substituents is 1. The molecular weight excluding hydrogens is 416 g/mol. The zero-order chi connectivity index (χ0) is 20.2. The summed E-state index contributed by atoms with van der Waals surface area (Å²) in [6, 6.07) is 7.68. The summed E-state index contributed by atoms with van der Waals surface area (Å²) in [4.78, 5) is 26.7. The highest BCUT2D eigenvalue weighted by Crippen LogP contribution is 2.26. The van der Waals surface area contributed by atoms with E-state index < -0.39 is 10.9 Å². The van der Waals surface area contributed by atoms with Gasteiger partial charge in [-0.15, -0.1) is 21.5 Å². The van der Waals surface area contributed by atoms with Crippen LogP contribution in [0.25, 0.3) is 22.0 Å². The topological polar surface area (TPSA) is 121 Å². The molecule has 0 aliphatic heterocycles. The standard InChI is InChI=1S/C18H12N4O5S2/c23-16(7-13-10-29-18(19-13)12-5-6-28-9-12)26-8-15-20-21-17(27-15)11-1-3-14(4-2-11)22(24)25/h1-6,9-10H,7-8H2. The number of carbonyl (C=O) groups is 1. The molecule has 11 heteroatoms. The van der Waals surface area contributed by atoms with E-state index >= 15 is 0 Å². The molecule has 0 radical (unpaired) electrons. The lowest BCUT2D eigenvalue weighted by Gasteiger charge is -2.00. The van der Waals surface area contributed by atoms with Gasteiger partial charge in [0.15, 0.2) is 6.61 Å². The molecule has 3 heterocycles. The van der Waals surface area contributed by atoms with E-state index in [1.807, 2.05) is 22.2 Å². The molecular formula is C18H12N4O5S2. The van der Waals surface area contributed by atoms with Gasteiger partial charge >= 0.3 is 5.97 Å². The molecule has 3 aromatic heterocycles. The molecule has 4 rings (SSSR count). The Hall–Kier alpha value is -3.44. The van der Waals surface area contributed by atoms with E-state index in [-0.39, 0.29) is 30.5 Å². The van der Waals surface area contributed by atoms with Crippen LogP contribution in [-0.2, 0) is 22.6 Å². The van der Waals surface area contributed by atoms with E-state index in [1.165, 1.54) is 35.6 Å². The molecule has 0 fully saturated rings. The summed E-state index contributed by atoms with van der Waals surface area (Å²) >= 11 is 3.06. The first-order chi connectivity index (χ1) is 14.1. The van der Waals surface area contributed by atoms with Crippen LogP contribution in [0.2, 0.25) is 0 Å². The summed E-state index contributed by atoms with van der Waals surface area (Å²) in [5.74, 6) is -0.142. The second-order valence-electron chi connectivity index (χ2n) is 5.80. The summed E-state index contributed by atoms with van der Waals surface area (Å²) < 4.78 is 10.6. The molecule has 29 heavy (non-hydrogen) atoms. The van der Waals surface area contributed by atoms with E-state index in [0.29, 0.717) is 11.3 Å². The highest BCUT2D eigenvalue weighted by atomic mass is 32.1. The van der Waals surface area contributed by atoms with Crippen LogP contribution in [0.4, 0.5) is 5.69 Å². The molecule has 0 N–H and O–H groups in total. The Morgan fingerprint density at radius 3 is 2.69 bits per heavy atom. The molecule has 4 aromatic rings. The average molecular weight is 428 g/mol. The third-order valence-corrected chi connectivity index (χ3v) is 5.42. The van der Waals surface area contributed by atoms with E-state index in [0.717, 1.165) is 10.6 Å². The Bertz CT molecular complexity index is 1140. The average Bonchev–Trinajstić information content (AvgIpc) is 3.47. The summed E-state index contributed by atoms with van der Waals surface area (Å²) in [5.41, 5.74) is 2.17. The van der Waals surface area contributed by atoms with Crippen LogP contribution in [-0.4, -0.2) is 26.1 Å². The fourth-order valence-electron chi connectivity index (χ4n) is 2.40. The monoisotopic (exact) mass is 428 g/mol. The van der Waals surface area contributed by atoms with Crippen molar-refractivity contribution >= 4 is 34.3 Å². The smallest absolute Gasteiger partial charge is 0.312 e. The molecule has 0 bridgehead atoms. The van der Waals surface area contributed by atoms with Crippen molar-refractivity contribution in [2.45, 2.75) is 13.0 Å². The van der Waals surface area contributed by atoms with E-state index in [1.54, 1.807) is 11.3 Å². The SMILES string of the molecule is O=C(Cc1csc(-c2ccsc2)n1)OCc1nnc(-c2ccc([N+](=O)[O-])cc2)o1. The van der Waals surface area contributed by atoms with Crippen LogP contribution < -0.4 is 0 Å². The number of hydrogen-bond donors (Lipinski definition) is 0. The van der Waals surface area contributed by atoms with E-state index in [4.69, 9.17) is 9.15 Å². The van der Waals surface area contributed by atoms with Gasteiger partial charge < -0.3 is 9.15 Å². The Morgan fingerprint density at radius 1 is 1.14 bits per heavy atom. The highest BCUT2D eigenvalue weighted by molar-refractivity contribution is 7.14. The molecule has 0 aliphatic carbocycles. The van der Waals surface area contributed by atoms with Gasteiger partial charge in [-0.2, -0.15) is 11.3 Å². The molecule has 0 spiro atoms. The minimum absolute atomic E-state index is 0.0355. The van der Waals surface area contributed by atoms with Gasteiger partial charge in [-0.25, -0.2) is 4.98 Å². The quantitative estimate of drug-likeness (QED) is 0.245. The maximum atomic E-state index is 12.1. The van der Waals surface area contributed by atoms with Crippen LogP contribution >= 0.6 is 22.7 Å². The van der Waals surface area contributed by atoms with Crippen molar-refractivity contribution in [2.24, 2.45) is 0 Å². The van der Waals surface area contributed by atoms with E-state index in [2.05, 4.69) is 15.2 Å². The first-order valence-corrected chi connectivity index (χ1v) is 10.1. The number of aromatic nitrogens is 3. The summed E-state index contributed by atoms with van der Waals surface area (Å²) in [5, 5.41) is 25.0. The van der Waals surface area contributed by atoms with Crippen LogP contribution in [0.3, 0.4) is 0 Å². The number of thiophene rings is 1. The Morgan fingerprint density at radius 2 is 1.97 bits per heavy atom. The highest BCUT2D eigenvalue weighted by Gasteiger charge is 2.14. The summed E-state index contributed by atoms with van der Waals surface area (Å²) in [6.07, 6.45) is 0.0456. The third kappa shape index (κ3) is 4.52. The lowest BCUT2D eigenvalue weighted by molar-refractivity contribution is -0.384. The maximum Gasteiger partial charge on any atom is 0.312 e. The third-order valence-electron chi connectivity index (χ3n) is 3.79. The molecule has 146 valence electrons. The first kappa shape index (κ1) is 18.9. The van der Waals surface area contributed by atoms with Crippen LogP contribution in [0.1, 0.15) is 11.6 Å². The lowest BCUT2D eigenvalue weighted by atomic mass is 10.2.